The predicted octanol–water partition coefficient (Wildman–Crippen LogP) is 4.63. The molecule has 7 heteroatoms. The molecular formula is C21H24BFN2O3. The van der Waals surface area contributed by atoms with Crippen molar-refractivity contribution < 1.29 is 18.1 Å². The van der Waals surface area contributed by atoms with E-state index in [9.17, 15) is 4.39 Å². The fourth-order valence-electron chi connectivity index (χ4n) is 3.30. The average Bonchev–Trinajstić information content (AvgIpc) is 3.07. The van der Waals surface area contributed by atoms with Gasteiger partial charge in [-0.1, -0.05) is 12.1 Å². The van der Waals surface area contributed by atoms with Crippen molar-refractivity contribution in [3.8, 4) is 0 Å². The molecule has 2 aromatic carbocycles. The van der Waals surface area contributed by atoms with Crippen molar-refractivity contribution in [1.82, 2.24) is 4.98 Å². The van der Waals surface area contributed by atoms with Gasteiger partial charge in [0.25, 0.3) is 6.01 Å². The first-order valence-corrected chi connectivity index (χ1v) is 9.36. The lowest BCUT2D eigenvalue weighted by Gasteiger charge is -2.32. The summed E-state index contributed by atoms with van der Waals surface area (Å²) in [6, 6.07) is 9.06. The van der Waals surface area contributed by atoms with Gasteiger partial charge < -0.3 is 19.0 Å². The minimum atomic E-state index is -0.608. The standard InChI is InChI=1S/C21H24BFN2O3/c1-12-9-13(2)18-17(10-12)25-19(26-18)24-16-8-7-14(11-15(16)23)22-27-20(3,4)21(5,6)28-22/h7-11H,1-6H3,(H,24,25). The van der Waals surface area contributed by atoms with Crippen molar-refractivity contribution in [3.05, 3.63) is 47.3 Å². The number of nitrogens with zero attached hydrogens (tertiary/aromatic N) is 1. The highest BCUT2D eigenvalue weighted by molar-refractivity contribution is 6.62. The number of oxazole rings is 1. The maximum atomic E-state index is 14.7. The molecule has 5 nitrogen and oxygen atoms in total. The van der Waals surface area contributed by atoms with Crippen LogP contribution in [-0.4, -0.2) is 23.3 Å². The first kappa shape index (κ1) is 19.0. The third kappa shape index (κ3) is 3.18. The molecule has 0 unspecified atom stereocenters. The summed E-state index contributed by atoms with van der Waals surface area (Å²) in [6.45, 7) is 11.8. The first-order valence-electron chi connectivity index (χ1n) is 9.36. The van der Waals surface area contributed by atoms with E-state index in [1.54, 1.807) is 12.1 Å². The SMILES string of the molecule is Cc1cc(C)c2oc(Nc3ccc(B4OC(C)(C)C(C)(C)O4)cc3F)nc2c1. The van der Waals surface area contributed by atoms with Crippen LogP contribution < -0.4 is 10.8 Å². The van der Waals surface area contributed by atoms with Gasteiger partial charge in [0.2, 0.25) is 0 Å². The number of anilines is 2. The topological polar surface area (TPSA) is 56.5 Å². The highest BCUT2D eigenvalue weighted by Gasteiger charge is 2.51. The molecular weight excluding hydrogens is 358 g/mol. The number of fused-ring (bicyclic) bond motifs is 1. The Balaban J connectivity index is 1.58. The third-order valence-corrected chi connectivity index (χ3v) is 5.58. The Hall–Kier alpha value is -2.38. The van der Waals surface area contributed by atoms with Crippen molar-refractivity contribution >= 4 is 35.4 Å². The molecule has 0 aliphatic carbocycles. The van der Waals surface area contributed by atoms with Crippen LogP contribution >= 0.6 is 0 Å². The Labute approximate surface area is 164 Å². The molecule has 4 rings (SSSR count). The lowest BCUT2D eigenvalue weighted by Crippen LogP contribution is -2.41. The summed E-state index contributed by atoms with van der Waals surface area (Å²) in [7, 11) is -0.608. The van der Waals surface area contributed by atoms with Crippen molar-refractivity contribution in [1.29, 1.82) is 0 Å². The summed E-state index contributed by atoms with van der Waals surface area (Å²) in [5.41, 5.74) is 3.50. The van der Waals surface area contributed by atoms with E-state index in [4.69, 9.17) is 13.7 Å². The molecule has 1 saturated heterocycles. The molecule has 0 bridgehead atoms. The van der Waals surface area contributed by atoms with Gasteiger partial charge in [0.15, 0.2) is 5.58 Å². The average molecular weight is 382 g/mol. The second kappa shape index (κ2) is 6.32. The zero-order chi connectivity index (χ0) is 20.3. The second-order valence-electron chi connectivity index (χ2n) is 8.40. The van der Waals surface area contributed by atoms with Crippen LogP contribution in [0, 0.1) is 19.7 Å². The molecule has 0 atom stereocenters. The van der Waals surface area contributed by atoms with Gasteiger partial charge in [-0.3, -0.25) is 0 Å². The van der Waals surface area contributed by atoms with E-state index in [2.05, 4.69) is 10.3 Å². The lowest BCUT2D eigenvalue weighted by molar-refractivity contribution is 0.00578. The number of halogens is 1. The highest BCUT2D eigenvalue weighted by atomic mass is 19.1. The van der Waals surface area contributed by atoms with Gasteiger partial charge in [-0.2, -0.15) is 4.98 Å². The maximum Gasteiger partial charge on any atom is 0.494 e. The Bertz CT molecular complexity index is 1050. The van der Waals surface area contributed by atoms with Gasteiger partial charge in [0, 0.05) is 0 Å². The van der Waals surface area contributed by atoms with E-state index in [0.29, 0.717) is 11.0 Å². The molecule has 146 valence electrons. The molecule has 3 aromatic rings. The van der Waals surface area contributed by atoms with E-state index in [-0.39, 0.29) is 11.7 Å². The number of hydrogen-bond donors (Lipinski definition) is 1. The summed E-state index contributed by atoms with van der Waals surface area (Å²) >= 11 is 0. The largest absolute Gasteiger partial charge is 0.494 e. The summed E-state index contributed by atoms with van der Waals surface area (Å²) in [4.78, 5) is 4.41. The Morgan fingerprint density at radius 3 is 2.32 bits per heavy atom. The zero-order valence-electron chi connectivity index (χ0n) is 17.0. The predicted molar refractivity (Wildman–Crippen MR) is 109 cm³/mol. The molecule has 0 radical (unpaired) electrons. The van der Waals surface area contributed by atoms with Crippen LogP contribution in [0.1, 0.15) is 38.8 Å². The van der Waals surface area contributed by atoms with E-state index in [1.807, 2.05) is 53.7 Å². The quantitative estimate of drug-likeness (QED) is 0.670. The summed E-state index contributed by atoms with van der Waals surface area (Å²) in [5, 5.41) is 2.92. The first-order chi connectivity index (χ1) is 13.1. The molecule has 0 amide bonds. The van der Waals surface area contributed by atoms with Crippen LogP contribution in [0.3, 0.4) is 0 Å². The van der Waals surface area contributed by atoms with Crippen LogP contribution in [0.25, 0.3) is 11.1 Å². The van der Waals surface area contributed by atoms with Gasteiger partial charge in [-0.15, -0.1) is 0 Å². The fourth-order valence-corrected chi connectivity index (χ4v) is 3.30. The van der Waals surface area contributed by atoms with Gasteiger partial charge in [-0.25, -0.2) is 4.39 Å². The normalized spacial score (nSPS) is 18.0. The third-order valence-electron chi connectivity index (χ3n) is 5.58. The molecule has 2 heterocycles. The molecule has 0 spiro atoms. The summed E-state index contributed by atoms with van der Waals surface area (Å²) in [6.07, 6.45) is 0. The van der Waals surface area contributed by atoms with Crippen LogP contribution in [0.5, 0.6) is 0 Å². The summed E-state index contributed by atoms with van der Waals surface area (Å²) < 4.78 is 32.5. The molecule has 1 fully saturated rings. The van der Waals surface area contributed by atoms with Crippen molar-refractivity contribution in [2.45, 2.75) is 52.7 Å². The van der Waals surface area contributed by atoms with E-state index in [0.717, 1.165) is 16.6 Å². The van der Waals surface area contributed by atoms with Gasteiger partial charge in [0.05, 0.1) is 16.9 Å². The molecule has 0 saturated carbocycles. The van der Waals surface area contributed by atoms with Crippen LogP contribution in [0.2, 0.25) is 0 Å². The molecule has 1 aromatic heterocycles. The lowest BCUT2D eigenvalue weighted by atomic mass is 9.79. The zero-order valence-corrected chi connectivity index (χ0v) is 17.0. The maximum absolute atomic E-state index is 14.7. The minimum absolute atomic E-state index is 0.256. The van der Waals surface area contributed by atoms with Crippen LogP contribution in [0.4, 0.5) is 16.1 Å². The number of benzene rings is 2. The van der Waals surface area contributed by atoms with Gasteiger partial charge in [0.1, 0.15) is 11.3 Å². The molecule has 1 N–H and O–H groups in total. The number of aromatic nitrogens is 1. The summed E-state index contributed by atoms with van der Waals surface area (Å²) in [5.74, 6) is -0.428. The number of rotatable bonds is 3. The van der Waals surface area contributed by atoms with E-state index in [1.165, 1.54) is 6.07 Å². The monoisotopic (exact) mass is 382 g/mol. The van der Waals surface area contributed by atoms with Crippen molar-refractivity contribution in [3.63, 3.8) is 0 Å². The van der Waals surface area contributed by atoms with Crippen LogP contribution in [0.15, 0.2) is 34.7 Å². The number of hydrogen-bond acceptors (Lipinski definition) is 5. The smallest absolute Gasteiger partial charge is 0.423 e. The Morgan fingerprint density at radius 1 is 1.00 bits per heavy atom. The van der Waals surface area contributed by atoms with Gasteiger partial charge >= 0.3 is 7.12 Å². The van der Waals surface area contributed by atoms with E-state index >= 15 is 0 Å². The number of aryl methyl sites for hydroxylation is 2. The van der Waals surface area contributed by atoms with Crippen LogP contribution in [-0.2, 0) is 9.31 Å². The van der Waals surface area contributed by atoms with Gasteiger partial charge in [-0.05, 0) is 76.3 Å². The Morgan fingerprint density at radius 2 is 1.68 bits per heavy atom. The highest BCUT2D eigenvalue weighted by Crippen LogP contribution is 2.36. The minimum Gasteiger partial charge on any atom is -0.423 e. The number of nitrogens with one attached hydrogen (secondary N) is 1. The molecule has 1 aliphatic heterocycles. The fraction of sp³-hybridized carbons (Fsp3) is 0.381. The van der Waals surface area contributed by atoms with Crippen molar-refractivity contribution in [2.75, 3.05) is 5.32 Å². The Kier molecular flexibility index (Phi) is 4.28. The molecule has 28 heavy (non-hydrogen) atoms. The molecule has 1 aliphatic rings. The second-order valence-corrected chi connectivity index (χ2v) is 8.40. The van der Waals surface area contributed by atoms with Crippen molar-refractivity contribution in [2.24, 2.45) is 0 Å². The van der Waals surface area contributed by atoms with E-state index < -0.39 is 24.1 Å².